The second-order valence-corrected chi connectivity index (χ2v) is 5.90. The molecule has 0 aromatic heterocycles. The molecule has 0 aromatic carbocycles. The van der Waals surface area contributed by atoms with E-state index < -0.39 is 0 Å². The lowest BCUT2D eigenvalue weighted by Crippen LogP contribution is -2.53. The van der Waals surface area contributed by atoms with E-state index in [9.17, 15) is 0 Å². The molecule has 0 aliphatic heterocycles. The van der Waals surface area contributed by atoms with Gasteiger partial charge in [0, 0.05) is 6.61 Å². The highest BCUT2D eigenvalue weighted by atomic mass is 35.5. The van der Waals surface area contributed by atoms with Crippen LogP contribution in [0.4, 0.5) is 0 Å². The van der Waals surface area contributed by atoms with Crippen LogP contribution in [-0.4, -0.2) is 30.3 Å². The smallest absolute Gasteiger partial charge is 0.100 e. The van der Waals surface area contributed by atoms with Gasteiger partial charge in [-0.25, -0.2) is 0 Å². The van der Waals surface area contributed by atoms with Gasteiger partial charge in [-0.05, 0) is 32.1 Å². The van der Waals surface area contributed by atoms with Crippen LogP contribution in [0.1, 0.15) is 52.4 Å². The fourth-order valence-electron chi connectivity index (χ4n) is 3.11. The first kappa shape index (κ1) is 13.6. The molecule has 2 nitrogen and oxygen atoms in total. The normalized spacial score (nSPS) is 42.2. The zero-order chi connectivity index (χ0) is 12.3. The molecule has 2 aliphatic rings. The first-order chi connectivity index (χ1) is 8.26. The van der Waals surface area contributed by atoms with Crippen molar-refractivity contribution in [2.75, 3.05) is 6.61 Å². The van der Waals surface area contributed by atoms with Crippen LogP contribution in [0.15, 0.2) is 0 Å². The molecule has 3 heteroatoms. The van der Waals surface area contributed by atoms with E-state index in [0.29, 0.717) is 6.10 Å². The monoisotopic (exact) mass is 260 g/mol. The van der Waals surface area contributed by atoms with Gasteiger partial charge in [-0.15, -0.1) is 11.6 Å². The molecule has 0 N–H and O–H groups in total. The highest BCUT2D eigenvalue weighted by Gasteiger charge is 2.43. The highest BCUT2D eigenvalue weighted by Crippen LogP contribution is 2.37. The van der Waals surface area contributed by atoms with E-state index in [1.165, 1.54) is 32.1 Å². The summed E-state index contributed by atoms with van der Waals surface area (Å²) < 4.78 is 11.9. The van der Waals surface area contributed by atoms with Crippen molar-refractivity contribution in [3.8, 4) is 0 Å². The van der Waals surface area contributed by atoms with Gasteiger partial charge in [-0.1, -0.05) is 26.2 Å². The van der Waals surface area contributed by atoms with Gasteiger partial charge in [-0.3, -0.25) is 0 Å². The summed E-state index contributed by atoms with van der Waals surface area (Å²) in [7, 11) is 0. The number of halogens is 1. The molecule has 0 bridgehead atoms. The topological polar surface area (TPSA) is 18.5 Å². The van der Waals surface area contributed by atoms with E-state index in [-0.39, 0.29) is 17.6 Å². The van der Waals surface area contributed by atoms with E-state index in [4.69, 9.17) is 21.1 Å². The Bertz CT molecular complexity index is 234. The molecule has 0 aromatic rings. The molecule has 0 radical (unpaired) electrons. The average molecular weight is 261 g/mol. The van der Waals surface area contributed by atoms with Crippen LogP contribution in [0.5, 0.6) is 0 Å². The van der Waals surface area contributed by atoms with Crippen molar-refractivity contribution in [2.24, 2.45) is 5.92 Å². The molecule has 2 rings (SSSR count). The Morgan fingerprint density at radius 1 is 1.12 bits per heavy atom. The zero-order valence-corrected chi connectivity index (χ0v) is 11.8. The molecule has 0 heterocycles. The van der Waals surface area contributed by atoms with Gasteiger partial charge in [0.25, 0.3) is 0 Å². The van der Waals surface area contributed by atoms with Gasteiger partial charge in [-0.2, -0.15) is 0 Å². The standard InChI is InChI=1S/C14H25ClO2/c1-3-10-7-5-6-8-12(10)17-13-9-11(15)14(13)16-4-2/h10-14H,3-9H2,1-2H3. The molecule has 5 atom stereocenters. The third kappa shape index (κ3) is 3.15. The Balaban J connectivity index is 1.83. The maximum Gasteiger partial charge on any atom is 0.100 e. The lowest BCUT2D eigenvalue weighted by molar-refractivity contribution is -0.163. The highest BCUT2D eigenvalue weighted by molar-refractivity contribution is 6.21. The summed E-state index contributed by atoms with van der Waals surface area (Å²) in [5.41, 5.74) is 0. The third-order valence-electron chi connectivity index (χ3n) is 4.25. The van der Waals surface area contributed by atoms with Gasteiger partial charge in [0.2, 0.25) is 0 Å². The molecular weight excluding hydrogens is 236 g/mol. The average Bonchev–Trinajstić information content (AvgIpc) is 2.36. The van der Waals surface area contributed by atoms with Crippen molar-refractivity contribution >= 4 is 11.6 Å². The fraction of sp³-hybridized carbons (Fsp3) is 1.00. The van der Waals surface area contributed by atoms with Crippen molar-refractivity contribution < 1.29 is 9.47 Å². The number of hydrogen-bond acceptors (Lipinski definition) is 2. The van der Waals surface area contributed by atoms with E-state index in [1.54, 1.807) is 0 Å². The Kier molecular flexibility index (Phi) is 5.13. The van der Waals surface area contributed by atoms with Crippen LogP contribution >= 0.6 is 11.6 Å². The molecule has 5 unspecified atom stereocenters. The predicted octanol–water partition coefficient (Wildman–Crippen LogP) is 3.76. The first-order valence-electron chi connectivity index (χ1n) is 7.17. The number of hydrogen-bond donors (Lipinski definition) is 0. The number of alkyl halides is 1. The van der Waals surface area contributed by atoms with Gasteiger partial charge in [0.1, 0.15) is 6.10 Å². The lowest BCUT2D eigenvalue weighted by atomic mass is 9.83. The molecule has 17 heavy (non-hydrogen) atoms. The number of ether oxygens (including phenoxy) is 2. The van der Waals surface area contributed by atoms with Crippen LogP contribution in [0.25, 0.3) is 0 Å². The van der Waals surface area contributed by atoms with Crippen molar-refractivity contribution in [3.05, 3.63) is 0 Å². The molecule has 2 fully saturated rings. The summed E-state index contributed by atoms with van der Waals surface area (Å²) in [5.74, 6) is 0.750. The zero-order valence-electron chi connectivity index (χ0n) is 11.0. The minimum Gasteiger partial charge on any atom is -0.374 e. The van der Waals surface area contributed by atoms with Crippen molar-refractivity contribution in [1.29, 1.82) is 0 Å². The fourth-order valence-corrected chi connectivity index (χ4v) is 3.52. The molecule has 100 valence electrons. The van der Waals surface area contributed by atoms with Crippen LogP contribution in [-0.2, 0) is 9.47 Å². The van der Waals surface area contributed by atoms with E-state index in [0.717, 1.165) is 18.9 Å². The van der Waals surface area contributed by atoms with Gasteiger partial charge < -0.3 is 9.47 Å². The predicted molar refractivity (Wildman–Crippen MR) is 70.6 cm³/mol. The molecule has 0 amide bonds. The summed E-state index contributed by atoms with van der Waals surface area (Å²) in [4.78, 5) is 0. The van der Waals surface area contributed by atoms with Crippen LogP contribution in [0.2, 0.25) is 0 Å². The van der Waals surface area contributed by atoms with Crippen molar-refractivity contribution in [3.63, 3.8) is 0 Å². The van der Waals surface area contributed by atoms with Gasteiger partial charge in [0.05, 0.1) is 17.6 Å². The summed E-state index contributed by atoms with van der Waals surface area (Å²) in [5, 5.41) is 0.156. The Morgan fingerprint density at radius 2 is 1.88 bits per heavy atom. The van der Waals surface area contributed by atoms with Crippen LogP contribution < -0.4 is 0 Å². The molecule has 0 saturated heterocycles. The van der Waals surface area contributed by atoms with Crippen molar-refractivity contribution in [1.82, 2.24) is 0 Å². The maximum atomic E-state index is 6.26. The van der Waals surface area contributed by atoms with Crippen LogP contribution in [0.3, 0.4) is 0 Å². The molecule has 2 aliphatic carbocycles. The summed E-state index contributed by atoms with van der Waals surface area (Å²) in [6.45, 7) is 5.03. The van der Waals surface area contributed by atoms with E-state index >= 15 is 0 Å². The second kappa shape index (κ2) is 6.40. The first-order valence-corrected chi connectivity index (χ1v) is 7.61. The maximum absolute atomic E-state index is 6.26. The SMILES string of the molecule is CCOC1C(Cl)CC1OC1CCCCC1CC. The van der Waals surface area contributed by atoms with E-state index in [2.05, 4.69) is 6.92 Å². The largest absolute Gasteiger partial charge is 0.374 e. The number of rotatable bonds is 5. The Hall–Kier alpha value is 0.210. The summed E-state index contributed by atoms with van der Waals surface area (Å²) >= 11 is 6.17. The van der Waals surface area contributed by atoms with E-state index in [1.807, 2.05) is 6.92 Å². The second-order valence-electron chi connectivity index (χ2n) is 5.34. The van der Waals surface area contributed by atoms with Crippen molar-refractivity contribution in [2.45, 2.75) is 76.1 Å². The molecule has 0 spiro atoms. The van der Waals surface area contributed by atoms with Crippen LogP contribution in [0, 0.1) is 5.92 Å². The third-order valence-corrected chi connectivity index (χ3v) is 4.68. The lowest BCUT2D eigenvalue weighted by Gasteiger charge is -2.44. The molecule has 2 saturated carbocycles. The van der Waals surface area contributed by atoms with Gasteiger partial charge in [0.15, 0.2) is 0 Å². The molecular formula is C14H25ClO2. The Morgan fingerprint density at radius 3 is 2.53 bits per heavy atom. The quantitative estimate of drug-likeness (QED) is 0.701. The summed E-state index contributed by atoms with van der Waals surface area (Å²) in [6.07, 6.45) is 8.26. The minimum absolute atomic E-state index is 0.126. The summed E-state index contributed by atoms with van der Waals surface area (Å²) in [6, 6.07) is 0. The minimum atomic E-state index is 0.126. The van der Waals surface area contributed by atoms with Gasteiger partial charge >= 0.3 is 0 Å². The Labute approximate surface area is 110 Å².